The molecule has 0 unspecified atom stereocenters. The van der Waals surface area contributed by atoms with E-state index in [1.54, 1.807) is 18.3 Å². The minimum Gasteiger partial charge on any atom is -0.379 e. The van der Waals surface area contributed by atoms with Crippen LogP contribution in [0.2, 0.25) is 0 Å². The first kappa shape index (κ1) is 18.3. The molecule has 1 amide bonds. The molecule has 1 aliphatic rings. The van der Waals surface area contributed by atoms with E-state index in [0.717, 1.165) is 34.6 Å². The summed E-state index contributed by atoms with van der Waals surface area (Å²) in [5.74, 6) is 0.534. The van der Waals surface area contributed by atoms with Crippen LogP contribution in [0.25, 0.3) is 22.6 Å². The Morgan fingerprint density at radius 2 is 1.89 bits per heavy atom. The molecule has 1 aromatic carbocycles. The number of hydrogen-bond acceptors (Lipinski definition) is 5. The number of benzene rings is 1. The predicted octanol–water partition coefficient (Wildman–Crippen LogP) is 3.34. The van der Waals surface area contributed by atoms with Crippen molar-refractivity contribution in [2.45, 2.75) is 26.3 Å². The summed E-state index contributed by atoms with van der Waals surface area (Å²) in [6.07, 6.45) is 2.61. The fourth-order valence-corrected chi connectivity index (χ4v) is 3.29. The van der Waals surface area contributed by atoms with E-state index in [4.69, 9.17) is 9.72 Å². The van der Waals surface area contributed by atoms with Crippen LogP contribution in [-0.2, 0) is 4.74 Å². The van der Waals surface area contributed by atoms with Crippen molar-refractivity contribution in [3.63, 3.8) is 0 Å². The van der Waals surface area contributed by atoms with E-state index in [1.807, 2.05) is 44.2 Å². The molecule has 6 nitrogen and oxygen atoms in total. The summed E-state index contributed by atoms with van der Waals surface area (Å²) in [5.41, 5.74) is 5.22. The summed E-state index contributed by atoms with van der Waals surface area (Å²) < 4.78 is 5.30. The van der Waals surface area contributed by atoms with Crippen LogP contribution in [0.3, 0.4) is 0 Å². The first-order chi connectivity index (χ1) is 13.6. The molecule has 142 valence electrons. The van der Waals surface area contributed by atoms with Crippen LogP contribution < -0.4 is 5.32 Å². The molecule has 1 saturated heterocycles. The van der Waals surface area contributed by atoms with Gasteiger partial charge in [0, 0.05) is 40.9 Å². The van der Waals surface area contributed by atoms with Crippen molar-refractivity contribution in [1.29, 1.82) is 0 Å². The second kappa shape index (κ2) is 7.86. The average molecular weight is 374 g/mol. The van der Waals surface area contributed by atoms with Crippen LogP contribution in [-0.4, -0.2) is 40.1 Å². The third kappa shape index (κ3) is 3.92. The molecule has 4 rings (SSSR count). The Hall–Kier alpha value is -3.12. The molecule has 6 heteroatoms. The van der Waals surface area contributed by atoms with Crippen molar-refractivity contribution in [3.8, 4) is 22.6 Å². The van der Waals surface area contributed by atoms with Crippen molar-refractivity contribution in [1.82, 2.24) is 20.3 Å². The van der Waals surface area contributed by atoms with Gasteiger partial charge in [-0.15, -0.1) is 0 Å². The molecule has 1 N–H and O–H groups in total. The monoisotopic (exact) mass is 374 g/mol. The lowest BCUT2D eigenvalue weighted by Crippen LogP contribution is -2.34. The number of nitrogens with one attached hydrogen (secondary N) is 1. The smallest absolute Gasteiger partial charge is 0.251 e. The Bertz CT molecular complexity index is 996. The molecule has 28 heavy (non-hydrogen) atoms. The third-order valence-electron chi connectivity index (χ3n) is 4.83. The summed E-state index contributed by atoms with van der Waals surface area (Å²) in [4.78, 5) is 25.9. The average Bonchev–Trinajstić information content (AvgIpc) is 3.21. The number of rotatable bonds is 4. The van der Waals surface area contributed by atoms with E-state index < -0.39 is 0 Å². The van der Waals surface area contributed by atoms with E-state index in [2.05, 4.69) is 15.3 Å². The van der Waals surface area contributed by atoms with Gasteiger partial charge in [0.2, 0.25) is 0 Å². The van der Waals surface area contributed by atoms with Gasteiger partial charge in [0.25, 0.3) is 5.91 Å². The lowest BCUT2D eigenvalue weighted by Gasteiger charge is -2.11. The molecular formula is C22H22N4O2. The number of carbonyl (C=O) groups excluding carboxylic acids is 1. The number of amides is 1. The first-order valence-electron chi connectivity index (χ1n) is 9.37. The van der Waals surface area contributed by atoms with Gasteiger partial charge >= 0.3 is 0 Å². The Kier molecular flexibility index (Phi) is 5.12. The lowest BCUT2D eigenvalue weighted by atomic mass is 10.1. The molecule has 0 bridgehead atoms. The van der Waals surface area contributed by atoms with Crippen LogP contribution in [0.5, 0.6) is 0 Å². The van der Waals surface area contributed by atoms with E-state index in [-0.39, 0.29) is 11.9 Å². The van der Waals surface area contributed by atoms with E-state index in [0.29, 0.717) is 24.6 Å². The largest absolute Gasteiger partial charge is 0.379 e. The lowest BCUT2D eigenvalue weighted by molar-refractivity contribution is 0.0930. The zero-order chi connectivity index (χ0) is 19.5. The van der Waals surface area contributed by atoms with E-state index >= 15 is 0 Å². The zero-order valence-electron chi connectivity index (χ0n) is 16.0. The fraction of sp³-hybridized carbons (Fsp3) is 0.273. The van der Waals surface area contributed by atoms with Crippen LogP contribution in [0.4, 0.5) is 0 Å². The maximum atomic E-state index is 12.3. The number of aryl methyl sites for hydroxylation is 2. The van der Waals surface area contributed by atoms with Gasteiger partial charge in [-0.25, -0.2) is 9.97 Å². The first-order valence-corrected chi connectivity index (χ1v) is 9.37. The highest BCUT2D eigenvalue weighted by molar-refractivity contribution is 5.94. The normalized spacial score (nSPS) is 16.1. The minimum atomic E-state index is -0.0851. The Balaban J connectivity index is 1.55. The molecule has 0 aliphatic carbocycles. The quantitative estimate of drug-likeness (QED) is 0.758. The predicted molar refractivity (Wildman–Crippen MR) is 107 cm³/mol. The number of aromatic nitrogens is 3. The summed E-state index contributed by atoms with van der Waals surface area (Å²) in [7, 11) is 0. The summed E-state index contributed by atoms with van der Waals surface area (Å²) in [6, 6.07) is 13.3. The number of carbonyl (C=O) groups is 1. The van der Waals surface area contributed by atoms with E-state index in [1.165, 1.54) is 0 Å². The molecular weight excluding hydrogens is 352 g/mol. The van der Waals surface area contributed by atoms with Crippen molar-refractivity contribution in [2.24, 2.45) is 0 Å². The molecule has 2 aromatic heterocycles. The molecule has 0 radical (unpaired) electrons. The van der Waals surface area contributed by atoms with E-state index in [9.17, 15) is 4.79 Å². The van der Waals surface area contributed by atoms with Crippen molar-refractivity contribution in [3.05, 3.63) is 65.6 Å². The fourth-order valence-electron chi connectivity index (χ4n) is 3.29. The highest BCUT2D eigenvalue weighted by atomic mass is 16.5. The Morgan fingerprint density at radius 3 is 2.61 bits per heavy atom. The second-order valence-electron chi connectivity index (χ2n) is 6.96. The van der Waals surface area contributed by atoms with Gasteiger partial charge in [-0.3, -0.25) is 9.78 Å². The SMILES string of the molecule is Cc1ccc(-c2ccnc(-c3ccc(C(=O)N[C@H]4CCOC4)cc3)n2)c(C)n1. The van der Waals surface area contributed by atoms with Crippen LogP contribution in [0.1, 0.15) is 28.2 Å². The molecule has 1 aliphatic heterocycles. The van der Waals surface area contributed by atoms with Crippen molar-refractivity contribution < 1.29 is 9.53 Å². The van der Waals surface area contributed by atoms with Crippen molar-refractivity contribution >= 4 is 5.91 Å². The molecule has 0 saturated carbocycles. The van der Waals surface area contributed by atoms with Gasteiger partial charge in [0.15, 0.2) is 5.82 Å². The van der Waals surface area contributed by atoms with Gasteiger partial charge < -0.3 is 10.1 Å². The molecule has 0 spiro atoms. The standard InChI is InChI=1S/C22H22N4O2/c1-14-3-8-19(15(2)24-14)20-9-11-23-21(26-20)16-4-6-17(7-5-16)22(27)25-18-10-12-28-13-18/h3-9,11,18H,10,12-13H2,1-2H3,(H,25,27)/t18-/m0/s1. The maximum Gasteiger partial charge on any atom is 0.251 e. The minimum absolute atomic E-state index is 0.0851. The number of nitrogens with zero attached hydrogens (tertiary/aromatic N) is 3. The third-order valence-corrected chi connectivity index (χ3v) is 4.83. The van der Waals surface area contributed by atoms with Gasteiger partial charge in [-0.1, -0.05) is 12.1 Å². The number of pyridine rings is 1. The summed E-state index contributed by atoms with van der Waals surface area (Å²) >= 11 is 0. The van der Waals surface area contributed by atoms with Crippen LogP contribution in [0.15, 0.2) is 48.7 Å². The maximum absolute atomic E-state index is 12.3. The van der Waals surface area contributed by atoms with Crippen LogP contribution >= 0.6 is 0 Å². The van der Waals surface area contributed by atoms with Gasteiger partial charge in [-0.2, -0.15) is 0 Å². The van der Waals surface area contributed by atoms with Crippen LogP contribution in [0, 0.1) is 13.8 Å². The molecule has 1 atom stereocenters. The highest BCUT2D eigenvalue weighted by Gasteiger charge is 2.18. The summed E-state index contributed by atoms with van der Waals surface area (Å²) in [6.45, 7) is 5.23. The highest BCUT2D eigenvalue weighted by Crippen LogP contribution is 2.23. The second-order valence-corrected chi connectivity index (χ2v) is 6.96. The molecule has 1 fully saturated rings. The topological polar surface area (TPSA) is 77.0 Å². The van der Waals surface area contributed by atoms with Gasteiger partial charge in [0.05, 0.1) is 18.3 Å². The van der Waals surface area contributed by atoms with Gasteiger partial charge in [-0.05, 0) is 50.6 Å². The van der Waals surface area contributed by atoms with Crippen molar-refractivity contribution in [2.75, 3.05) is 13.2 Å². The molecule has 3 aromatic rings. The van der Waals surface area contributed by atoms with Gasteiger partial charge in [0.1, 0.15) is 0 Å². The Morgan fingerprint density at radius 1 is 1.07 bits per heavy atom. The Labute approximate surface area is 164 Å². The number of hydrogen-bond donors (Lipinski definition) is 1. The number of ether oxygens (including phenoxy) is 1. The molecule has 3 heterocycles. The summed E-state index contributed by atoms with van der Waals surface area (Å²) in [5, 5.41) is 2.99. The zero-order valence-corrected chi connectivity index (χ0v) is 16.0.